The summed E-state index contributed by atoms with van der Waals surface area (Å²) >= 11 is 0. The van der Waals surface area contributed by atoms with Crippen molar-refractivity contribution in [3.8, 4) is 5.75 Å². The molecule has 3 rings (SSSR count). The SMILES string of the molecule is C=CC(=O)Nc1cc(Nc2nc(/C(C=C)=C/N=C)c3cc[nH]c3n2)c(OC)cc1C. The summed E-state index contributed by atoms with van der Waals surface area (Å²) in [6.45, 7) is 12.7. The molecular formula is C22H22N6O2. The van der Waals surface area contributed by atoms with Gasteiger partial charge in [0.1, 0.15) is 11.4 Å². The maximum atomic E-state index is 11.7. The Morgan fingerprint density at radius 1 is 1.23 bits per heavy atom. The van der Waals surface area contributed by atoms with Gasteiger partial charge in [-0.05, 0) is 43.5 Å². The monoisotopic (exact) mass is 402 g/mol. The molecule has 2 aromatic heterocycles. The summed E-state index contributed by atoms with van der Waals surface area (Å²) in [5, 5.41) is 6.77. The minimum absolute atomic E-state index is 0.307. The molecule has 8 heteroatoms. The van der Waals surface area contributed by atoms with Gasteiger partial charge in [0.25, 0.3) is 0 Å². The third-order valence-corrected chi connectivity index (χ3v) is 4.38. The number of hydrogen-bond donors (Lipinski definition) is 3. The number of benzene rings is 1. The number of hydrogen-bond acceptors (Lipinski definition) is 6. The summed E-state index contributed by atoms with van der Waals surface area (Å²) in [4.78, 5) is 27.8. The average Bonchev–Trinajstić information content (AvgIpc) is 3.22. The first-order chi connectivity index (χ1) is 14.5. The molecule has 0 atom stereocenters. The Kier molecular flexibility index (Phi) is 6.07. The number of carbonyl (C=O) groups excluding carboxylic acids is 1. The van der Waals surface area contributed by atoms with Crippen LogP contribution in [0.15, 0.2) is 60.9 Å². The minimum atomic E-state index is -0.307. The number of nitrogens with zero attached hydrogens (tertiary/aromatic N) is 3. The van der Waals surface area contributed by atoms with Gasteiger partial charge in [-0.15, -0.1) is 0 Å². The van der Waals surface area contributed by atoms with Gasteiger partial charge in [-0.1, -0.05) is 19.2 Å². The molecule has 3 N–H and O–H groups in total. The summed E-state index contributed by atoms with van der Waals surface area (Å²) < 4.78 is 5.49. The summed E-state index contributed by atoms with van der Waals surface area (Å²) in [7, 11) is 1.57. The lowest BCUT2D eigenvalue weighted by molar-refractivity contribution is -0.111. The van der Waals surface area contributed by atoms with Crippen molar-refractivity contribution >= 4 is 46.6 Å². The van der Waals surface area contributed by atoms with E-state index in [2.05, 4.69) is 50.5 Å². The largest absolute Gasteiger partial charge is 0.495 e. The van der Waals surface area contributed by atoms with Gasteiger partial charge in [0.15, 0.2) is 0 Å². The Balaban J connectivity index is 2.09. The molecule has 0 aliphatic rings. The van der Waals surface area contributed by atoms with Crippen LogP contribution in [0, 0.1) is 6.92 Å². The molecule has 0 aliphatic carbocycles. The third kappa shape index (κ3) is 4.12. The summed E-state index contributed by atoms with van der Waals surface area (Å²) in [6, 6.07) is 5.45. The molecule has 0 saturated heterocycles. The van der Waals surface area contributed by atoms with E-state index in [9.17, 15) is 4.79 Å². The maximum absolute atomic E-state index is 11.7. The minimum Gasteiger partial charge on any atom is -0.495 e. The van der Waals surface area contributed by atoms with Crippen molar-refractivity contribution in [3.05, 3.63) is 67.2 Å². The van der Waals surface area contributed by atoms with E-state index in [0.29, 0.717) is 40.0 Å². The highest BCUT2D eigenvalue weighted by atomic mass is 16.5. The third-order valence-electron chi connectivity index (χ3n) is 4.38. The molecule has 0 fully saturated rings. The van der Waals surface area contributed by atoms with E-state index in [1.165, 1.54) is 6.08 Å². The van der Waals surface area contributed by atoms with E-state index < -0.39 is 0 Å². The number of aromatic nitrogens is 3. The molecule has 1 aromatic carbocycles. The van der Waals surface area contributed by atoms with Crippen molar-refractivity contribution in [1.29, 1.82) is 0 Å². The fraction of sp³-hybridized carbons (Fsp3) is 0.0909. The van der Waals surface area contributed by atoms with E-state index in [0.717, 1.165) is 10.9 Å². The van der Waals surface area contributed by atoms with Crippen LogP contribution in [0.2, 0.25) is 0 Å². The van der Waals surface area contributed by atoms with E-state index in [4.69, 9.17) is 4.74 Å². The molecule has 0 unspecified atom stereocenters. The van der Waals surface area contributed by atoms with E-state index in [1.807, 2.05) is 19.1 Å². The fourth-order valence-electron chi connectivity index (χ4n) is 2.91. The van der Waals surface area contributed by atoms with Crippen LogP contribution in [0.1, 0.15) is 11.3 Å². The first kappa shape index (κ1) is 20.5. The molecule has 0 radical (unpaired) electrons. The highest BCUT2D eigenvalue weighted by Gasteiger charge is 2.15. The molecule has 30 heavy (non-hydrogen) atoms. The Bertz CT molecular complexity index is 1180. The molecule has 1 amide bonds. The van der Waals surface area contributed by atoms with Crippen LogP contribution >= 0.6 is 0 Å². The Morgan fingerprint density at radius 3 is 2.70 bits per heavy atom. The number of aryl methyl sites for hydroxylation is 1. The van der Waals surface area contributed by atoms with Crippen molar-refractivity contribution in [2.45, 2.75) is 6.92 Å². The van der Waals surface area contributed by atoms with Crippen LogP contribution in [0.5, 0.6) is 5.75 Å². The number of allylic oxidation sites excluding steroid dienone is 2. The fourth-order valence-corrected chi connectivity index (χ4v) is 2.91. The van der Waals surface area contributed by atoms with Crippen molar-refractivity contribution in [2.24, 2.45) is 4.99 Å². The second-order valence-corrected chi connectivity index (χ2v) is 6.29. The summed E-state index contributed by atoms with van der Waals surface area (Å²) in [5.74, 6) is 0.603. The van der Waals surface area contributed by atoms with Crippen molar-refractivity contribution < 1.29 is 9.53 Å². The molecule has 2 heterocycles. The first-order valence-electron chi connectivity index (χ1n) is 9.03. The lowest BCUT2D eigenvalue weighted by atomic mass is 10.1. The van der Waals surface area contributed by atoms with Gasteiger partial charge in [-0.3, -0.25) is 9.79 Å². The molecule has 0 saturated carbocycles. The predicted octanol–water partition coefficient (Wildman–Crippen LogP) is 4.37. The number of carbonyl (C=O) groups is 1. The van der Waals surface area contributed by atoms with Gasteiger partial charge in [0, 0.05) is 29.0 Å². The molecule has 3 aromatic rings. The van der Waals surface area contributed by atoms with E-state index in [-0.39, 0.29) is 5.91 Å². The number of anilines is 3. The van der Waals surface area contributed by atoms with Gasteiger partial charge in [0.05, 0.1) is 18.5 Å². The molecule has 8 nitrogen and oxygen atoms in total. The van der Waals surface area contributed by atoms with Crippen LogP contribution < -0.4 is 15.4 Å². The lowest BCUT2D eigenvalue weighted by Gasteiger charge is -2.15. The van der Waals surface area contributed by atoms with Crippen molar-refractivity contribution in [3.63, 3.8) is 0 Å². The van der Waals surface area contributed by atoms with Crippen LogP contribution in [0.4, 0.5) is 17.3 Å². The van der Waals surface area contributed by atoms with Gasteiger partial charge in [-0.2, -0.15) is 4.98 Å². The zero-order chi connectivity index (χ0) is 21.7. The maximum Gasteiger partial charge on any atom is 0.247 e. The van der Waals surface area contributed by atoms with Crippen molar-refractivity contribution in [2.75, 3.05) is 17.7 Å². The smallest absolute Gasteiger partial charge is 0.247 e. The standard InChI is InChI=1S/C22H22N6O2/c1-6-14(12-23-4)20-15-8-9-24-21(15)28-22(27-20)26-17-11-16(25-19(29)7-2)13(3)10-18(17)30-5/h6-12H,1-2,4H2,3,5H3,(H,25,29)(H2,24,26,27,28)/b14-12+. The number of aliphatic imine (C=N–C) groups is 1. The van der Waals surface area contributed by atoms with Gasteiger partial charge < -0.3 is 20.4 Å². The Morgan fingerprint density at radius 2 is 2.03 bits per heavy atom. The number of ether oxygens (including phenoxy) is 1. The second-order valence-electron chi connectivity index (χ2n) is 6.29. The molecular weight excluding hydrogens is 380 g/mol. The molecule has 0 spiro atoms. The number of amides is 1. The van der Waals surface area contributed by atoms with E-state index >= 15 is 0 Å². The number of aromatic amines is 1. The summed E-state index contributed by atoms with van der Waals surface area (Å²) in [6.07, 6.45) is 6.23. The number of fused-ring (bicyclic) bond motifs is 1. The zero-order valence-electron chi connectivity index (χ0n) is 16.8. The highest BCUT2D eigenvalue weighted by molar-refractivity contribution is 6.00. The molecule has 0 bridgehead atoms. The van der Waals surface area contributed by atoms with E-state index in [1.54, 1.807) is 31.6 Å². The number of methoxy groups -OCH3 is 1. The van der Waals surface area contributed by atoms with Gasteiger partial charge in [-0.25, -0.2) is 4.98 Å². The normalized spacial score (nSPS) is 11.1. The number of nitrogens with one attached hydrogen (secondary N) is 3. The lowest BCUT2D eigenvalue weighted by Crippen LogP contribution is -2.09. The average molecular weight is 402 g/mol. The van der Waals surface area contributed by atoms with Crippen LogP contribution in [0.3, 0.4) is 0 Å². The molecule has 152 valence electrons. The van der Waals surface area contributed by atoms with Gasteiger partial charge >= 0.3 is 0 Å². The zero-order valence-corrected chi connectivity index (χ0v) is 16.8. The van der Waals surface area contributed by atoms with Crippen molar-refractivity contribution in [1.82, 2.24) is 15.0 Å². The van der Waals surface area contributed by atoms with Crippen LogP contribution in [0.25, 0.3) is 16.6 Å². The predicted molar refractivity (Wildman–Crippen MR) is 121 cm³/mol. The summed E-state index contributed by atoms with van der Waals surface area (Å²) in [5.41, 5.74) is 4.04. The van der Waals surface area contributed by atoms with Crippen LogP contribution in [-0.4, -0.2) is 34.7 Å². The van der Waals surface area contributed by atoms with Crippen LogP contribution in [-0.2, 0) is 4.79 Å². The number of rotatable bonds is 8. The Labute approximate surface area is 174 Å². The quantitative estimate of drug-likeness (QED) is 0.295. The highest BCUT2D eigenvalue weighted by Crippen LogP contribution is 2.33. The Hall–Kier alpha value is -4.20. The topological polar surface area (TPSA) is 104 Å². The number of H-pyrrole nitrogens is 1. The molecule has 0 aliphatic heterocycles. The van der Waals surface area contributed by atoms with Gasteiger partial charge in [0.2, 0.25) is 11.9 Å². The second kappa shape index (κ2) is 8.87. The first-order valence-corrected chi connectivity index (χ1v) is 9.03.